The van der Waals surface area contributed by atoms with Gasteiger partial charge in [0.15, 0.2) is 5.75 Å². The van der Waals surface area contributed by atoms with E-state index in [1.165, 1.54) is 13.5 Å². The summed E-state index contributed by atoms with van der Waals surface area (Å²) in [5, 5.41) is 19.2. The van der Waals surface area contributed by atoms with Gasteiger partial charge in [-0.15, -0.1) is 0 Å². The number of aromatic nitrogens is 2. The van der Waals surface area contributed by atoms with Crippen molar-refractivity contribution in [3.05, 3.63) is 34.6 Å². The van der Waals surface area contributed by atoms with E-state index in [2.05, 4.69) is 20.2 Å². The number of anilines is 1. The van der Waals surface area contributed by atoms with Crippen LogP contribution in [0, 0.1) is 16.0 Å². The van der Waals surface area contributed by atoms with Crippen LogP contribution in [0.5, 0.6) is 5.75 Å². The number of piperazine rings is 1. The Hall–Kier alpha value is -2.65. The molecule has 2 aromatic rings. The fourth-order valence-electron chi connectivity index (χ4n) is 4.32. The molecule has 0 unspecified atom stereocenters. The molecule has 0 bridgehead atoms. The molecule has 2 saturated heterocycles. The zero-order chi connectivity index (χ0) is 20.4. The van der Waals surface area contributed by atoms with E-state index < -0.39 is 4.92 Å². The van der Waals surface area contributed by atoms with E-state index in [0.29, 0.717) is 0 Å². The number of methoxy groups -OCH3 is 1. The molecule has 2 fully saturated rings. The van der Waals surface area contributed by atoms with Crippen LogP contribution in [0.1, 0.15) is 6.42 Å². The Balaban J connectivity index is 1.59. The molecule has 2 aliphatic rings. The molecule has 2 aliphatic heterocycles. The first-order chi connectivity index (χ1) is 14.0. The molecule has 1 aromatic heterocycles. The zero-order valence-corrected chi connectivity index (χ0v) is 17.0. The van der Waals surface area contributed by atoms with Crippen molar-refractivity contribution in [3.8, 4) is 16.9 Å². The van der Waals surface area contributed by atoms with Gasteiger partial charge in [0.05, 0.1) is 18.2 Å². The Morgan fingerprint density at radius 1 is 1.31 bits per heavy atom. The van der Waals surface area contributed by atoms with Crippen LogP contribution >= 0.6 is 0 Å². The molecule has 1 atom stereocenters. The smallest absolute Gasteiger partial charge is 0.311 e. The minimum atomic E-state index is -0.393. The first-order valence-corrected chi connectivity index (χ1v) is 10.1. The third-order valence-electron chi connectivity index (χ3n) is 5.90. The SMILES string of the molecule is COc1cc(N2CCN(C[C@H]3CCNC3)CC2)c(-c2cnn(C)c2)cc1[N+](=O)[O-]. The summed E-state index contributed by atoms with van der Waals surface area (Å²) < 4.78 is 7.05. The van der Waals surface area contributed by atoms with E-state index in [-0.39, 0.29) is 11.4 Å². The normalized spacial score (nSPS) is 20.2. The number of hydrogen-bond acceptors (Lipinski definition) is 7. The summed E-state index contributed by atoms with van der Waals surface area (Å²) in [6.45, 7) is 7.12. The summed E-state index contributed by atoms with van der Waals surface area (Å²) in [5.74, 6) is 1.03. The molecule has 0 saturated carbocycles. The van der Waals surface area contributed by atoms with E-state index >= 15 is 0 Å². The van der Waals surface area contributed by atoms with Crippen molar-refractivity contribution in [2.75, 3.05) is 57.8 Å². The average Bonchev–Trinajstić information content (AvgIpc) is 3.39. The number of nitro benzene ring substituents is 1. The third-order valence-corrected chi connectivity index (χ3v) is 5.90. The van der Waals surface area contributed by atoms with Gasteiger partial charge in [0.1, 0.15) is 0 Å². The van der Waals surface area contributed by atoms with Crippen molar-refractivity contribution in [2.45, 2.75) is 6.42 Å². The molecule has 4 rings (SSSR count). The number of nitrogens with zero attached hydrogens (tertiary/aromatic N) is 5. The highest BCUT2D eigenvalue weighted by atomic mass is 16.6. The van der Waals surface area contributed by atoms with Crippen molar-refractivity contribution >= 4 is 11.4 Å². The highest BCUT2D eigenvalue weighted by Gasteiger charge is 2.27. The van der Waals surface area contributed by atoms with Gasteiger partial charge in [0.25, 0.3) is 0 Å². The Morgan fingerprint density at radius 3 is 2.69 bits per heavy atom. The maximum Gasteiger partial charge on any atom is 0.311 e. The van der Waals surface area contributed by atoms with Crippen LogP contribution in [0.3, 0.4) is 0 Å². The predicted octanol–water partition coefficient (Wildman–Crippen LogP) is 1.74. The van der Waals surface area contributed by atoms with Gasteiger partial charge in [0, 0.05) is 74.9 Å². The van der Waals surface area contributed by atoms with Gasteiger partial charge in [-0.3, -0.25) is 19.7 Å². The largest absolute Gasteiger partial charge is 0.490 e. The Kier molecular flexibility index (Phi) is 5.68. The Labute approximate surface area is 170 Å². The third kappa shape index (κ3) is 4.20. The fraction of sp³-hybridized carbons (Fsp3) is 0.550. The van der Waals surface area contributed by atoms with Crippen LogP contribution in [-0.2, 0) is 7.05 Å². The predicted molar refractivity (Wildman–Crippen MR) is 111 cm³/mol. The topological polar surface area (TPSA) is 88.7 Å². The molecule has 0 spiro atoms. The number of rotatable bonds is 6. The summed E-state index contributed by atoms with van der Waals surface area (Å²) in [7, 11) is 3.32. The summed E-state index contributed by atoms with van der Waals surface area (Å²) in [4.78, 5) is 16.0. The van der Waals surface area contributed by atoms with Gasteiger partial charge >= 0.3 is 5.69 Å². The maximum absolute atomic E-state index is 11.5. The summed E-state index contributed by atoms with van der Waals surface area (Å²) in [6, 6.07) is 3.42. The minimum absolute atomic E-state index is 0.0255. The average molecular weight is 400 g/mol. The molecule has 3 heterocycles. The second-order valence-electron chi connectivity index (χ2n) is 7.85. The van der Waals surface area contributed by atoms with Crippen LogP contribution in [0.15, 0.2) is 24.5 Å². The number of nitro groups is 1. The first kappa shape index (κ1) is 19.7. The van der Waals surface area contributed by atoms with Crippen molar-refractivity contribution < 1.29 is 9.66 Å². The van der Waals surface area contributed by atoms with Crippen molar-refractivity contribution in [3.63, 3.8) is 0 Å². The minimum Gasteiger partial charge on any atom is -0.490 e. The van der Waals surface area contributed by atoms with E-state index in [9.17, 15) is 10.1 Å². The van der Waals surface area contributed by atoms with Crippen LogP contribution in [0.4, 0.5) is 11.4 Å². The Morgan fingerprint density at radius 2 is 2.10 bits per heavy atom. The fourth-order valence-corrected chi connectivity index (χ4v) is 4.32. The molecule has 9 heteroatoms. The van der Waals surface area contributed by atoms with Crippen molar-refractivity contribution in [1.29, 1.82) is 0 Å². The monoisotopic (exact) mass is 400 g/mol. The number of ether oxygens (including phenoxy) is 1. The molecule has 0 radical (unpaired) electrons. The van der Waals surface area contributed by atoms with Gasteiger partial charge in [-0.25, -0.2) is 0 Å². The van der Waals surface area contributed by atoms with Crippen LogP contribution < -0.4 is 15.0 Å². The molecule has 1 N–H and O–H groups in total. The summed E-state index contributed by atoms with van der Waals surface area (Å²) in [5.41, 5.74) is 2.62. The van der Waals surface area contributed by atoms with Crippen LogP contribution in [-0.4, -0.2) is 72.5 Å². The lowest BCUT2D eigenvalue weighted by Crippen LogP contribution is -2.48. The van der Waals surface area contributed by atoms with E-state index in [1.54, 1.807) is 23.0 Å². The molecule has 29 heavy (non-hydrogen) atoms. The van der Waals surface area contributed by atoms with E-state index in [1.807, 2.05) is 13.2 Å². The van der Waals surface area contributed by atoms with E-state index in [4.69, 9.17) is 4.74 Å². The highest BCUT2D eigenvalue weighted by molar-refractivity contribution is 5.82. The van der Waals surface area contributed by atoms with Gasteiger partial charge < -0.3 is 15.0 Å². The molecular formula is C20H28N6O3. The van der Waals surface area contributed by atoms with Gasteiger partial charge in [-0.2, -0.15) is 5.10 Å². The number of benzene rings is 1. The molecule has 156 valence electrons. The standard InChI is InChI=1S/C20H28N6O3/c1-23-14-16(12-22-23)17-9-19(26(27)28)20(29-2)10-18(17)25-7-5-24(6-8-25)13-15-3-4-21-11-15/h9-10,12,14-15,21H,3-8,11,13H2,1-2H3/t15-/m0/s1. The molecule has 1 aromatic carbocycles. The zero-order valence-electron chi connectivity index (χ0n) is 17.0. The Bertz CT molecular complexity index is 869. The van der Waals surface area contributed by atoms with Crippen LogP contribution in [0.2, 0.25) is 0 Å². The lowest BCUT2D eigenvalue weighted by molar-refractivity contribution is -0.385. The second-order valence-corrected chi connectivity index (χ2v) is 7.85. The number of nitrogens with one attached hydrogen (secondary N) is 1. The van der Waals surface area contributed by atoms with Gasteiger partial charge in [-0.1, -0.05) is 0 Å². The molecule has 0 amide bonds. The summed E-state index contributed by atoms with van der Waals surface area (Å²) >= 11 is 0. The van der Waals surface area contributed by atoms with Gasteiger partial charge in [-0.05, 0) is 25.4 Å². The summed E-state index contributed by atoms with van der Waals surface area (Å²) in [6.07, 6.45) is 4.89. The van der Waals surface area contributed by atoms with Crippen LogP contribution in [0.25, 0.3) is 11.1 Å². The molecular weight excluding hydrogens is 372 g/mol. The van der Waals surface area contributed by atoms with E-state index in [0.717, 1.165) is 68.5 Å². The highest BCUT2D eigenvalue weighted by Crippen LogP contribution is 2.40. The second kappa shape index (κ2) is 8.38. The lowest BCUT2D eigenvalue weighted by Gasteiger charge is -2.38. The number of aryl methyl sites for hydroxylation is 1. The first-order valence-electron chi connectivity index (χ1n) is 10.1. The van der Waals surface area contributed by atoms with Crippen molar-refractivity contribution in [1.82, 2.24) is 20.0 Å². The van der Waals surface area contributed by atoms with Gasteiger partial charge in [0.2, 0.25) is 0 Å². The quantitative estimate of drug-likeness (QED) is 0.584. The molecule has 0 aliphatic carbocycles. The molecule has 9 nitrogen and oxygen atoms in total. The maximum atomic E-state index is 11.5. The van der Waals surface area contributed by atoms with Crippen molar-refractivity contribution in [2.24, 2.45) is 13.0 Å². The number of hydrogen-bond donors (Lipinski definition) is 1. The lowest BCUT2D eigenvalue weighted by atomic mass is 10.0.